The lowest BCUT2D eigenvalue weighted by molar-refractivity contribution is -0.384. The van der Waals surface area contributed by atoms with Crippen molar-refractivity contribution in [1.82, 2.24) is 0 Å². The first-order valence-corrected chi connectivity index (χ1v) is 5.90. The van der Waals surface area contributed by atoms with Crippen molar-refractivity contribution in [2.75, 3.05) is 5.32 Å². The molecule has 0 fully saturated rings. The smallest absolute Gasteiger partial charge is 0.292 e. The Hall–Kier alpha value is -1.55. The van der Waals surface area contributed by atoms with Gasteiger partial charge in [-0.3, -0.25) is 10.1 Å². The number of hydrogen-bond acceptors (Lipinski definition) is 3. The Morgan fingerprint density at radius 3 is 2.88 bits per heavy atom. The molecule has 90 valence electrons. The third kappa shape index (κ3) is 2.97. The highest BCUT2D eigenvalue weighted by molar-refractivity contribution is 6.31. The van der Waals surface area contributed by atoms with Crippen molar-refractivity contribution in [2.24, 2.45) is 0 Å². The summed E-state index contributed by atoms with van der Waals surface area (Å²) in [5.74, 6) is 0. The molecule has 2 rings (SSSR count). The maximum Gasteiger partial charge on any atom is 0.292 e. The Labute approximate surface area is 104 Å². The number of hydrogen-bond donors (Lipinski definition) is 1. The van der Waals surface area contributed by atoms with E-state index in [1.165, 1.54) is 12.1 Å². The highest BCUT2D eigenvalue weighted by Gasteiger charge is 2.17. The van der Waals surface area contributed by atoms with E-state index in [4.69, 9.17) is 11.6 Å². The van der Waals surface area contributed by atoms with E-state index in [0.29, 0.717) is 10.7 Å². The minimum Gasteiger partial charge on any atom is -0.376 e. The van der Waals surface area contributed by atoms with Crippen LogP contribution < -0.4 is 5.32 Å². The van der Waals surface area contributed by atoms with Gasteiger partial charge in [-0.15, -0.1) is 0 Å². The van der Waals surface area contributed by atoms with Crippen LogP contribution in [-0.2, 0) is 0 Å². The van der Waals surface area contributed by atoms with Gasteiger partial charge < -0.3 is 5.32 Å². The van der Waals surface area contributed by atoms with Gasteiger partial charge in [-0.05, 0) is 31.4 Å². The quantitative estimate of drug-likeness (QED) is 0.506. The number of allylic oxidation sites excluding steroid dienone is 1. The van der Waals surface area contributed by atoms with Crippen LogP contribution in [0.3, 0.4) is 0 Å². The number of nitro benzene ring substituents is 1. The van der Waals surface area contributed by atoms with Gasteiger partial charge in [0.1, 0.15) is 5.69 Å². The summed E-state index contributed by atoms with van der Waals surface area (Å²) < 4.78 is 0. The molecule has 1 N–H and O–H groups in total. The number of halogens is 1. The first kappa shape index (κ1) is 11.9. The molecule has 1 atom stereocenters. The number of benzene rings is 1. The molecule has 0 amide bonds. The van der Waals surface area contributed by atoms with Gasteiger partial charge in [0, 0.05) is 17.1 Å². The van der Waals surface area contributed by atoms with Crippen LogP contribution in [0.25, 0.3) is 0 Å². The molecule has 17 heavy (non-hydrogen) atoms. The highest BCUT2D eigenvalue weighted by atomic mass is 35.5. The Balaban J connectivity index is 2.21. The van der Waals surface area contributed by atoms with Crippen LogP contribution in [0.2, 0.25) is 5.02 Å². The van der Waals surface area contributed by atoms with Crippen LogP contribution in [0.4, 0.5) is 11.4 Å². The molecule has 0 bridgehead atoms. The first-order chi connectivity index (χ1) is 8.16. The maximum absolute atomic E-state index is 10.9. The zero-order valence-electron chi connectivity index (χ0n) is 9.23. The molecule has 0 heterocycles. The zero-order chi connectivity index (χ0) is 12.3. The minimum atomic E-state index is -0.392. The highest BCUT2D eigenvalue weighted by Crippen LogP contribution is 2.29. The number of anilines is 1. The molecule has 1 aliphatic rings. The Kier molecular flexibility index (Phi) is 3.64. The molecule has 0 spiro atoms. The summed E-state index contributed by atoms with van der Waals surface area (Å²) in [6, 6.07) is 4.82. The second kappa shape index (κ2) is 5.19. The number of rotatable bonds is 3. The first-order valence-electron chi connectivity index (χ1n) is 5.52. The van der Waals surface area contributed by atoms with Crippen LogP contribution in [0.15, 0.2) is 30.4 Å². The summed E-state index contributed by atoms with van der Waals surface area (Å²) in [6.45, 7) is 0. The third-order valence-electron chi connectivity index (χ3n) is 2.78. The average molecular weight is 253 g/mol. The molecule has 0 saturated carbocycles. The summed E-state index contributed by atoms with van der Waals surface area (Å²) in [5.41, 5.74) is 0.576. The molecule has 0 aliphatic heterocycles. The van der Waals surface area contributed by atoms with Gasteiger partial charge in [-0.25, -0.2) is 0 Å². The van der Waals surface area contributed by atoms with E-state index in [1.54, 1.807) is 6.07 Å². The van der Waals surface area contributed by atoms with E-state index in [9.17, 15) is 10.1 Å². The van der Waals surface area contributed by atoms with E-state index in [2.05, 4.69) is 17.5 Å². The lowest BCUT2D eigenvalue weighted by Gasteiger charge is -2.20. The van der Waals surface area contributed by atoms with Gasteiger partial charge in [0.05, 0.1) is 4.92 Å². The molecule has 5 heteroatoms. The van der Waals surface area contributed by atoms with Gasteiger partial charge in [-0.1, -0.05) is 23.8 Å². The van der Waals surface area contributed by atoms with Crippen LogP contribution in [0, 0.1) is 10.1 Å². The van der Waals surface area contributed by atoms with E-state index in [-0.39, 0.29) is 11.7 Å². The Morgan fingerprint density at radius 1 is 1.41 bits per heavy atom. The van der Waals surface area contributed by atoms with Gasteiger partial charge in [0.2, 0.25) is 0 Å². The van der Waals surface area contributed by atoms with E-state index in [1.807, 2.05) is 0 Å². The van der Waals surface area contributed by atoms with E-state index >= 15 is 0 Å². The van der Waals surface area contributed by atoms with Crippen molar-refractivity contribution in [2.45, 2.75) is 25.3 Å². The maximum atomic E-state index is 10.9. The molecule has 1 unspecified atom stereocenters. The zero-order valence-corrected chi connectivity index (χ0v) is 9.98. The van der Waals surface area contributed by atoms with Crippen LogP contribution in [-0.4, -0.2) is 11.0 Å². The van der Waals surface area contributed by atoms with Crippen molar-refractivity contribution >= 4 is 23.0 Å². The fourth-order valence-corrected chi connectivity index (χ4v) is 2.10. The lowest BCUT2D eigenvalue weighted by Crippen LogP contribution is -2.20. The van der Waals surface area contributed by atoms with Crippen LogP contribution in [0.5, 0.6) is 0 Å². The average Bonchev–Trinajstić information content (AvgIpc) is 2.30. The summed E-state index contributed by atoms with van der Waals surface area (Å²) in [4.78, 5) is 10.5. The third-order valence-corrected chi connectivity index (χ3v) is 3.02. The standard InChI is InChI=1S/C12H13ClN2O2/c13-9-6-7-12(15(16)17)11(8-9)14-10-4-2-1-3-5-10/h1-2,6-8,10,14H,3-5H2. The van der Waals surface area contributed by atoms with Gasteiger partial charge in [-0.2, -0.15) is 0 Å². The van der Waals surface area contributed by atoms with E-state index < -0.39 is 4.92 Å². The largest absolute Gasteiger partial charge is 0.376 e. The Bertz CT molecular complexity index is 460. The predicted molar refractivity (Wildman–Crippen MR) is 68.5 cm³/mol. The topological polar surface area (TPSA) is 55.2 Å². The van der Waals surface area contributed by atoms with Crippen LogP contribution in [0.1, 0.15) is 19.3 Å². The molecule has 0 saturated heterocycles. The second-order valence-electron chi connectivity index (χ2n) is 4.04. The molecule has 1 aliphatic carbocycles. The van der Waals surface area contributed by atoms with Crippen LogP contribution >= 0.6 is 11.6 Å². The van der Waals surface area contributed by atoms with Crippen molar-refractivity contribution < 1.29 is 4.92 Å². The lowest BCUT2D eigenvalue weighted by atomic mass is 10.0. The molecule has 4 nitrogen and oxygen atoms in total. The number of nitrogens with one attached hydrogen (secondary N) is 1. The number of nitro groups is 1. The monoisotopic (exact) mass is 252 g/mol. The summed E-state index contributed by atoms with van der Waals surface area (Å²) in [6.07, 6.45) is 7.11. The normalized spacial score (nSPS) is 19.0. The Morgan fingerprint density at radius 2 is 2.24 bits per heavy atom. The second-order valence-corrected chi connectivity index (χ2v) is 4.48. The molecule has 0 radical (unpaired) electrons. The molecule has 1 aromatic rings. The molecule has 1 aromatic carbocycles. The van der Waals surface area contributed by atoms with Crippen molar-refractivity contribution in [3.8, 4) is 0 Å². The summed E-state index contributed by atoms with van der Waals surface area (Å²) in [5, 5.41) is 14.6. The van der Waals surface area contributed by atoms with Crippen molar-refractivity contribution in [1.29, 1.82) is 0 Å². The van der Waals surface area contributed by atoms with E-state index in [0.717, 1.165) is 19.3 Å². The molecular formula is C12H13ClN2O2. The molecular weight excluding hydrogens is 240 g/mol. The summed E-state index contributed by atoms with van der Waals surface area (Å²) >= 11 is 5.86. The van der Waals surface area contributed by atoms with Gasteiger partial charge >= 0.3 is 0 Å². The van der Waals surface area contributed by atoms with Gasteiger partial charge in [0.15, 0.2) is 0 Å². The SMILES string of the molecule is O=[N+]([O-])c1ccc(Cl)cc1NC1CC=CCC1. The minimum absolute atomic E-state index is 0.0731. The van der Waals surface area contributed by atoms with Crippen molar-refractivity contribution in [3.05, 3.63) is 45.5 Å². The predicted octanol–water partition coefficient (Wildman–Crippen LogP) is 3.77. The summed E-state index contributed by atoms with van der Waals surface area (Å²) in [7, 11) is 0. The van der Waals surface area contributed by atoms with Crippen molar-refractivity contribution in [3.63, 3.8) is 0 Å². The number of nitrogens with zero attached hydrogens (tertiary/aromatic N) is 1. The fraction of sp³-hybridized carbons (Fsp3) is 0.333. The van der Waals surface area contributed by atoms with Gasteiger partial charge in [0.25, 0.3) is 5.69 Å². The molecule has 0 aromatic heterocycles. The fourth-order valence-electron chi connectivity index (χ4n) is 1.93.